The average molecular weight is 446 g/mol. The molecule has 24 heavy (non-hydrogen) atoms. The van der Waals surface area contributed by atoms with E-state index in [4.69, 9.17) is 4.42 Å². The summed E-state index contributed by atoms with van der Waals surface area (Å²) < 4.78 is 18.9. The van der Waals surface area contributed by atoms with E-state index in [0.29, 0.717) is 24.9 Å². The number of hydrogen-bond acceptors (Lipinski definition) is 3. The summed E-state index contributed by atoms with van der Waals surface area (Å²) in [5.74, 6) is 1.80. The van der Waals surface area contributed by atoms with Gasteiger partial charge in [-0.3, -0.25) is 4.99 Å². The number of nitrogens with zero attached hydrogens (tertiary/aromatic N) is 2. The molecule has 5 nitrogen and oxygen atoms in total. The van der Waals surface area contributed by atoms with Crippen LogP contribution in [0.4, 0.5) is 4.39 Å². The number of nitrogens with one attached hydrogen (secondary N) is 2. The number of aromatic nitrogens is 1. The Balaban J connectivity index is 0.00000288. The number of guanidine groups is 1. The van der Waals surface area contributed by atoms with E-state index in [9.17, 15) is 4.39 Å². The zero-order valence-electron chi connectivity index (χ0n) is 14.4. The first-order chi connectivity index (χ1) is 10.9. The quantitative estimate of drug-likeness (QED) is 0.428. The lowest BCUT2D eigenvalue weighted by atomic mass is 9.94. The molecule has 2 aromatic rings. The normalized spacial score (nSPS) is 11.8. The molecule has 2 N–H and O–H groups in total. The fraction of sp³-hybridized carbons (Fsp3) is 0.412. The van der Waals surface area contributed by atoms with Crippen LogP contribution in [0.15, 0.2) is 39.9 Å². The molecule has 0 bridgehead atoms. The number of oxazole rings is 1. The summed E-state index contributed by atoms with van der Waals surface area (Å²) in [7, 11) is 1.68. The van der Waals surface area contributed by atoms with Gasteiger partial charge < -0.3 is 15.1 Å². The van der Waals surface area contributed by atoms with Gasteiger partial charge >= 0.3 is 0 Å². The Morgan fingerprint density at radius 1 is 1.25 bits per heavy atom. The van der Waals surface area contributed by atoms with Crippen molar-refractivity contribution in [1.29, 1.82) is 0 Å². The van der Waals surface area contributed by atoms with Crippen molar-refractivity contribution in [3.8, 4) is 0 Å². The van der Waals surface area contributed by atoms with Gasteiger partial charge in [-0.05, 0) is 17.7 Å². The lowest BCUT2D eigenvalue weighted by Gasteiger charge is -2.13. The molecular weight excluding hydrogens is 422 g/mol. The molecule has 0 atom stereocenters. The smallest absolute Gasteiger partial charge is 0.213 e. The highest BCUT2D eigenvalue weighted by Crippen LogP contribution is 2.22. The molecule has 0 spiro atoms. The highest BCUT2D eigenvalue weighted by molar-refractivity contribution is 14.0. The molecule has 132 valence electrons. The second-order valence-corrected chi connectivity index (χ2v) is 6.28. The number of hydrogen-bond donors (Lipinski definition) is 2. The van der Waals surface area contributed by atoms with E-state index in [1.807, 2.05) is 6.07 Å². The van der Waals surface area contributed by atoms with Crippen molar-refractivity contribution in [2.45, 2.75) is 39.3 Å². The van der Waals surface area contributed by atoms with Crippen molar-refractivity contribution < 1.29 is 8.81 Å². The molecule has 1 heterocycles. The van der Waals surface area contributed by atoms with E-state index in [1.54, 1.807) is 19.3 Å². The molecule has 0 radical (unpaired) electrons. The maximum absolute atomic E-state index is 13.1. The van der Waals surface area contributed by atoms with Gasteiger partial charge in [0, 0.05) is 19.0 Å². The fourth-order valence-corrected chi connectivity index (χ4v) is 1.95. The van der Waals surface area contributed by atoms with Crippen LogP contribution >= 0.6 is 24.0 Å². The largest absolute Gasteiger partial charge is 0.443 e. The standard InChI is InChI=1S/C17H23FN4O.HI/c1-17(2,3)14-10-20-15(23-14)11-22-16(19-4)21-9-12-6-5-7-13(18)8-12;/h5-8,10H,9,11H2,1-4H3,(H2,19,21,22);1H. The van der Waals surface area contributed by atoms with Crippen LogP contribution in [0.3, 0.4) is 0 Å². The monoisotopic (exact) mass is 446 g/mol. The van der Waals surface area contributed by atoms with E-state index in [-0.39, 0.29) is 35.2 Å². The molecule has 0 unspecified atom stereocenters. The summed E-state index contributed by atoms with van der Waals surface area (Å²) >= 11 is 0. The molecule has 0 amide bonds. The average Bonchev–Trinajstić information content (AvgIpc) is 2.96. The van der Waals surface area contributed by atoms with Gasteiger partial charge in [0.1, 0.15) is 11.6 Å². The zero-order chi connectivity index (χ0) is 16.9. The molecule has 1 aromatic carbocycles. The van der Waals surface area contributed by atoms with Gasteiger partial charge in [0.05, 0.1) is 12.7 Å². The highest BCUT2D eigenvalue weighted by Gasteiger charge is 2.19. The van der Waals surface area contributed by atoms with Crippen molar-refractivity contribution >= 4 is 29.9 Å². The van der Waals surface area contributed by atoms with Crippen molar-refractivity contribution in [2.24, 2.45) is 4.99 Å². The molecule has 0 saturated carbocycles. The molecular formula is C17H24FIN4O. The maximum Gasteiger partial charge on any atom is 0.213 e. The lowest BCUT2D eigenvalue weighted by molar-refractivity contribution is 0.379. The van der Waals surface area contributed by atoms with E-state index >= 15 is 0 Å². The molecule has 7 heteroatoms. The van der Waals surface area contributed by atoms with Crippen LogP contribution in [0.2, 0.25) is 0 Å². The van der Waals surface area contributed by atoms with Crippen LogP contribution in [-0.2, 0) is 18.5 Å². The first-order valence-electron chi connectivity index (χ1n) is 7.52. The summed E-state index contributed by atoms with van der Waals surface area (Å²) in [6.07, 6.45) is 1.75. The third kappa shape index (κ3) is 6.10. The second-order valence-electron chi connectivity index (χ2n) is 6.28. The Hall–Kier alpha value is -1.64. The van der Waals surface area contributed by atoms with Crippen LogP contribution < -0.4 is 10.6 Å². The van der Waals surface area contributed by atoms with Crippen LogP contribution in [-0.4, -0.2) is 18.0 Å². The van der Waals surface area contributed by atoms with Crippen molar-refractivity contribution in [2.75, 3.05) is 7.05 Å². The van der Waals surface area contributed by atoms with Crippen LogP contribution in [0.25, 0.3) is 0 Å². The number of aliphatic imine (C=N–C) groups is 1. The maximum atomic E-state index is 13.1. The predicted molar refractivity (Wildman–Crippen MR) is 104 cm³/mol. The van der Waals surface area contributed by atoms with Crippen LogP contribution in [0, 0.1) is 5.82 Å². The second kappa shape index (κ2) is 9.00. The van der Waals surface area contributed by atoms with Gasteiger partial charge in [0.2, 0.25) is 5.89 Å². The Labute approximate surface area is 159 Å². The fourth-order valence-electron chi connectivity index (χ4n) is 1.95. The third-order valence-electron chi connectivity index (χ3n) is 3.27. The van der Waals surface area contributed by atoms with Gasteiger partial charge in [-0.25, -0.2) is 9.37 Å². The van der Waals surface area contributed by atoms with Crippen LogP contribution in [0.1, 0.15) is 38.0 Å². The van der Waals surface area contributed by atoms with Gasteiger partial charge in [-0.2, -0.15) is 0 Å². The van der Waals surface area contributed by atoms with Gasteiger partial charge in [-0.15, -0.1) is 24.0 Å². The minimum Gasteiger partial charge on any atom is -0.443 e. The van der Waals surface area contributed by atoms with Gasteiger partial charge in [0.15, 0.2) is 5.96 Å². The zero-order valence-corrected chi connectivity index (χ0v) is 16.7. The summed E-state index contributed by atoms with van der Waals surface area (Å²) in [5.41, 5.74) is 0.779. The van der Waals surface area contributed by atoms with E-state index in [1.165, 1.54) is 12.1 Å². The van der Waals surface area contributed by atoms with E-state index in [0.717, 1.165) is 11.3 Å². The number of rotatable bonds is 4. The first kappa shape index (κ1) is 20.4. The topological polar surface area (TPSA) is 62.5 Å². The Kier molecular flexibility index (Phi) is 7.65. The van der Waals surface area contributed by atoms with E-state index < -0.39 is 0 Å². The number of benzene rings is 1. The summed E-state index contributed by atoms with van der Waals surface area (Å²) in [6, 6.07) is 6.45. The van der Waals surface area contributed by atoms with Crippen LogP contribution in [0.5, 0.6) is 0 Å². The molecule has 2 rings (SSSR count). The summed E-state index contributed by atoms with van der Waals surface area (Å²) in [4.78, 5) is 8.38. The molecule has 0 saturated heterocycles. The molecule has 0 aliphatic rings. The summed E-state index contributed by atoms with van der Waals surface area (Å²) in [5, 5.41) is 6.25. The van der Waals surface area contributed by atoms with Gasteiger partial charge in [-0.1, -0.05) is 32.9 Å². The SMILES string of the molecule is CN=C(NCc1cccc(F)c1)NCc1ncc(C(C)(C)C)o1.I. The van der Waals surface area contributed by atoms with E-state index in [2.05, 4.69) is 41.4 Å². The Morgan fingerprint density at radius 2 is 1.96 bits per heavy atom. The third-order valence-corrected chi connectivity index (χ3v) is 3.27. The predicted octanol–water partition coefficient (Wildman–Crippen LogP) is 3.59. The van der Waals surface area contributed by atoms with Crippen molar-refractivity contribution in [3.63, 3.8) is 0 Å². The highest BCUT2D eigenvalue weighted by atomic mass is 127. The first-order valence-corrected chi connectivity index (χ1v) is 7.52. The van der Waals surface area contributed by atoms with Crippen molar-refractivity contribution in [1.82, 2.24) is 15.6 Å². The van der Waals surface area contributed by atoms with Crippen molar-refractivity contribution in [3.05, 3.63) is 53.5 Å². The molecule has 0 aliphatic carbocycles. The molecule has 0 aliphatic heterocycles. The number of halogens is 2. The molecule has 0 fully saturated rings. The minimum absolute atomic E-state index is 0. The lowest BCUT2D eigenvalue weighted by Crippen LogP contribution is -2.36. The Morgan fingerprint density at radius 3 is 2.54 bits per heavy atom. The summed E-state index contributed by atoms with van der Waals surface area (Å²) in [6.45, 7) is 7.13. The molecule has 1 aromatic heterocycles. The van der Waals surface area contributed by atoms with Gasteiger partial charge in [0.25, 0.3) is 0 Å². The Bertz CT molecular complexity index is 679. The minimum atomic E-state index is -0.248.